The van der Waals surface area contributed by atoms with Crippen LogP contribution in [-0.2, 0) is 0 Å². The predicted molar refractivity (Wildman–Crippen MR) is 89.8 cm³/mol. The number of halogens is 1. The van der Waals surface area contributed by atoms with Gasteiger partial charge in [0.2, 0.25) is 0 Å². The number of nitro benzene ring substituents is 1. The van der Waals surface area contributed by atoms with Crippen molar-refractivity contribution in [1.29, 1.82) is 0 Å². The first kappa shape index (κ1) is 15.7. The minimum Gasteiger partial charge on any atom is -0.486 e. The number of nitrogens with zero attached hydrogens (tertiary/aromatic N) is 2. The Morgan fingerprint density at radius 3 is 2.68 bits per heavy atom. The van der Waals surface area contributed by atoms with Gasteiger partial charge in [-0.2, -0.15) is 0 Å². The summed E-state index contributed by atoms with van der Waals surface area (Å²) < 4.78 is 25.6. The summed E-state index contributed by atoms with van der Waals surface area (Å²) in [7, 11) is 0. The van der Waals surface area contributed by atoms with Crippen LogP contribution in [0.2, 0.25) is 0 Å². The van der Waals surface area contributed by atoms with Gasteiger partial charge in [0.25, 0.3) is 5.69 Å². The fourth-order valence-electron chi connectivity index (χ4n) is 3.51. The number of ether oxygens (including phenoxy) is 2. The van der Waals surface area contributed by atoms with E-state index in [0.717, 1.165) is 30.2 Å². The number of anilines is 1. The lowest BCUT2D eigenvalue weighted by Crippen LogP contribution is -2.24. The first-order valence-electron chi connectivity index (χ1n) is 8.23. The number of hydrogen-bond acceptors (Lipinski definition) is 5. The lowest BCUT2D eigenvalue weighted by atomic mass is 10.0. The topological polar surface area (TPSA) is 64.8 Å². The average molecular weight is 344 g/mol. The van der Waals surface area contributed by atoms with Gasteiger partial charge in [-0.3, -0.25) is 10.1 Å². The maximum absolute atomic E-state index is 14.4. The number of fused-ring (bicyclic) bond motifs is 1. The minimum absolute atomic E-state index is 0.00628. The van der Waals surface area contributed by atoms with Crippen LogP contribution in [-0.4, -0.2) is 24.7 Å². The molecule has 7 heteroatoms. The van der Waals surface area contributed by atoms with Crippen LogP contribution in [0.3, 0.4) is 0 Å². The zero-order valence-electron chi connectivity index (χ0n) is 13.5. The van der Waals surface area contributed by atoms with Gasteiger partial charge >= 0.3 is 0 Å². The quantitative estimate of drug-likeness (QED) is 0.625. The Balaban J connectivity index is 1.66. The Morgan fingerprint density at radius 1 is 1.12 bits per heavy atom. The average Bonchev–Trinajstić information content (AvgIpc) is 3.10. The molecule has 0 spiro atoms. The van der Waals surface area contributed by atoms with Crippen molar-refractivity contribution in [2.75, 3.05) is 24.7 Å². The van der Waals surface area contributed by atoms with Gasteiger partial charge in [0, 0.05) is 12.6 Å². The lowest BCUT2D eigenvalue weighted by Gasteiger charge is -2.28. The monoisotopic (exact) mass is 344 g/mol. The zero-order valence-corrected chi connectivity index (χ0v) is 13.5. The molecule has 0 aliphatic carbocycles. The first-order chi connectivity index (χ1) is 12.1. The third-order valence-electron chi connectivity index (χ3n) is 4.66. The number of benzene rings is 2. The van der Waals surface area contributed by atoms with Crippen molar-refractivity contribution in [1.82, 2.24) is 0 Å². The molecule has 0 amide bonds. The molecular formula is C18H17FN2O4. The molecule has 130 valence electrons. The summed E-state index contributed by atoms with van der Waals surface area (Å²) in [6.07, 6.45) is 1.81. The highest BCUT2D eigenvalue weighted by atomic mass is 19.1. The second-order valence-corrected chi connectivity index (χ2v) is 6.15. The molecule has 1 saturated heterocycles. The van der Waals surface area contributed by atoms with E-state index in [4.69, 9.17) is 9.47 Å². The van der Waals surface area contributed by atoms with Gasteiger partial charge in [-0.15, -0.1) is 0 Å². The van der Waals surface area contributed by atoms with Crippen LogP contribution in [0.5, 0.6) is 11.5 Å². The normalized spacial score (nSPS) is 19.1. The number of rotatable bonds is 3. The molecule has 2 aromatic rings. The molecule has 25 heavy (non-hydrogen) atoms. The van der Waals surface area contributed by atoms with Gasteiger partial charge < -0.3 is 14.4 Å². The Hall–Kier alpha value is -2.83. The third-order valence-corrected chi connectivity index (χ3v) is 4.66. The van der Waals surface area contributed by atoms with E-state index in [1.165, 1.54) is 12.1 Å². The molecule has 0 radical (unpaired) electrons. The van der Waals surface area contributed by atoms with E-state index in [-0.39, 0.29) is 11.7 Å². The van der Waals surface area contributed by atoms with Crippen molar-refractivity contribution in [3.8, 4) is 11.5 Å². The molecule has 2 aromatic carbocycles. The SMILES string of the molecule is O=[N+]([O-])c1ccc(N2CCC[C@@H]2c2ccc3c(c2)OCCO3)c(F)c1. The van der Waals surface area contributed by atoms with Crippen LogP contribution in [0, 0.1) is 15.9 Å². The van der Waals surface area contributed by atoms with E-state index in [0.29, 0.717) is 31.2 Å². The van der Waals surface area contributed by atoms with Crippen LogP contribution < -0.4 is 14.4 Å². The molecule has 2 heterocycles. The molecule has 6 nitrogen and oxygen atoms in total. The van der Waals surface area contributed by atoms with Gasteiger partial charge in [-0.05, 0) is 36.6 Å². The van der Waals surface area contributed by atoms with Crippen LogP contribution in [0.4, 0.5) is 15.8 Å². The van der Waals surface area contributed by atoms with Crippen molar-refractivity contribution in [2.45, 2.75) is 18.9 Å². The predicted octanol–water partition coefficient (Wildman–Crippen LogP) is 3.85. The highest BCUT2D eigenvalue weighted by Crippen LogP contribution is 2.41. The van der Waals surface area contributed by atoms with E-state index in [9.17, 15) is 14.5 Å². The molecule has 0 N–H and O–H groups in total. The van der Waals surface area contributed by atoms with Crippen LogP contribution in [0.15, 0.2) is 36.4 Å². The Kier molecular flexibility index (Phi) is 3.91. The first-order valence-corrected chi connectivity index (χ1v) is 8.23. The summed E-state index contributed by atoms with van der Waals surface area (Å²) >= 11 is 0. The number of hydrogen-bond donors (Lipinski definition) is 0. The van der Waals surface area contributed by atoms with Crippen LogP contribution in [0.25, 0.3) is 0 Å². The van der Waals surface area contributed by atoms with Crippen LogP contribution in [0.1, 0.15) is 24.4 Å². The second-order valence-electron chi connectivity index (χ2n) is 6.15. The van der Waals surface area contributed by atoms with E-state index >= 15 is 0 Å². The fourth-order valence-corrected chi connectivity index (χ4v) is 3.51. The van der Waals surface area contributed by atoms with E-state index in [1.807, 2.05) is 23.1 Å². The summed E-state index contributed by atoms with van der Waals surface area (Å²) in [5.41, 5.74) is 1.18. The van der Waals surface area contributed by atoms with Crippen molar-refractivity contribution < 1.29 is 18.8 Å². The number of nitro groups is 1. The maximum atomic E-state index is 14.4. The van der Waals surface area contributed by atoms with E-state index in [2.05, 4.69) is 0 Å². The highest BCUT2D eigenvalue weighted by molar-refractivity contribution is 5.56. The molecule has 2 aliphatic rings. The molecule has 0 aromatic heterocycles. The molecule has 0 saturated carbocycles. The molecule has 0 unspecified atom stereocenters. The largest absolute Gasteiger partial charge is 0.486 e. The Bertz CT molecular complexity index is 827. The number of non-ortho nitro benzene ring substituents is 1. The van der Waals surface area contributed by atoms with Gasteiger partial charge in [0.1, 0.15) is 13.2 Å². The van der Waals surface area contributed by atoms with Crippen molar-refractivity contribution in [2.24, 2.45) is 0 Å². The highest BCUT2D eigenvalue weighted by Gasteiger charge is 2.29. The lowest BCUT2D eigenvalue weighted by molar-refractivity contribution is -0.385. The standard InChI is InChI=1S/C18H17FN2O4/c19-14-11-13(21(22)23)4-5-16(14)20-7-1-2-15(20)12-3-6-17-18(10-12)25-9-8-24-17/h3-6,10-11,15H,1-2,7-9H2/t15-/m1/s1. The minimum atomic E-state index is -0.588. The van der Waals surface area contributed by atoms with Gasteiger partial charge in [0.15, 0.2) is 17.3 Å². The third kappa shape index (κ3) is 2.86. The molecular weight excluding hydrogens is 327 g/mol. The van der Waals surface area contributed by atoms with Gasteiger partial charge in [-0.25, -0.2) is 4.39 Å². The Labute approximate surface area is 143 Å². The van der Waals surface area contributed by atoms with Crippen molar-refractivity contribution in [3.63, 3.8) is 0 Å². The molecule has 4 rings (SSSR count). The van der Waals surface area contributed by atoms with E-state index in [1.54, 1.807) is 0 Å². The fraction of sp³-hybridized carbons (Fsp3) is 0.333. The van der Waals surface area contributed by atoms with Crippen molar-refractivity contribution >= 4 is 11.4 Å². The molecule has 1 fully saturated rings. The molecule has 2 aliphatic heterocycles. The smallest absolute Gasteiger partial charge is 0.272 e. The molecule has 0 bridgehead atoms. The maximum Gasteiger partial charge on any atom is 0.272 e. The van der Waals surface area contributed by atoms with Gasteiger partial charge in [-0.1, -0.05) is 6.07 Å². The second kappa shape index (κ2) is 6.23. The molecule has 1 atom stereocenters. The Morgan fingerprint density at radius 2 is 1.92 bits per heavy atom. The van der Waals surface area contributed by atoms with Gasteiger partial charge in [0.05, 0.1) is 22.7 Å². The summed E-state index contributed by atoms with van der Waals surface area (Å²) in [5.74, 6) is 0.861. The zero-order chi connectivity index (χ0) is 17.4. The summed E-state index contributed by atoms with van der Waals surface area (Å²) in [4.78, 5) is 12.2. The van der Waals surface area contributed by atoms with Crippen molar-refractivity contribution in [3.05, 3.63) is 57.9 Å². The van der Waals surface area contributed by atoms with Crippen LogP contribution >= 0.6 is 0 Å². The summed E-state index contributed by atoms with van der Waals surface area (Å²) in [6.45, 7) is 1.76. The summed E-state index contributed by atoms with van der Waals surface area (Å²) in [6, 6.07) is 9.62. The summed E-state index contributed by atoms with van der Waals surface area (Å²) in [5, 5.41) is 10.8. The van der Waals surface area contributed by atoms with E-state index < -0.39 is 10.7 Å².